The largest absolute Gasteiger partial charge is 0.414 e. The predicted molar refractivity (Wildman–Crippen MR) is 98.8 cm³/mol. The van der Waals surface area contributed by atoms with E-state index in [-0.39, 0.29) is 17.2 Å². The van der Waals surface area contributed by atoms with Crippen LogP contribution in [-0.4, -0.2) is 26.6 Å². The topological polar surface area (TPSA) is 18.5 Å². The highest BCUT2D eigenvalue weighted by Gasteiger charge is 2.40. The highest BCUT2D eigenvalue weighted by molar-refractivity contribution is 6.74. The first-order valence-electron chi connectivity index (χ1n) is 8.82. The Bertz CT molecular complexity index is 368. The van der Waals surface area contributed by atoms with Gasteiger partial charge in [-0.3, -0.25) is 0 Å². The summed E-state index contributed by atoms with van der Waals surface area (Å²) in [6, 6.07) is 0. The average Bonchev–Trinajstić information content (AvgIpc) is 2.41. The zero-order valence-electron chi connectivity index (χ0n) is 15.5. The molecule has 0 aromatic rings. The first kappa shape index (κ1) is 19.7. The van der Waals surface area contributed by atoms with Crippen LogP contribution in [0.5, 0.6) is 0 Å². The van der Waals surface area contributed by atoms with Crippen molar-refractivity contribution < 1.29 is 9.16 Å². The molecule has 0 aromatic heterocycles. The molecule has 0 aromatic carbocycles. The molecule has 1 rings (SSSR count). The summed E-state index contributed by atoms with van der Waals surface area (Å²) in [7, 11) is -1.72. The number of hydrogen-bond acceptors (Lipinski definition) is 2. The second-order valence-electron chi connectivity index (χ2n) is 7.99. The van der Waals surface area contributed by atoms with Gasteiger partial charge >= 0.3 is 0 Å². The molecule has 0 radical (unpaired) electrons. The molecule has 3 heteroatoms. The molecule has 1 aliphatic rings. The molecule has 0 aliphatic carbocycles. The summed E-state index contributed by atoms with van der Waals surface area (Å²) in [6.07, 6.45) is 12.5. The lowest BCUT2D eigenvalue weighted by molar-refractivity contribution is -0.0505. The van der Waals surface area contributed by atoms with Crippen molar-refractivity contribution in [3.63, 3.8) is 0 Å². The summed E-state index contributed by atoms with van der Waals surface area (Å²) < 4.78 is 12.7. The van der Waals surface area contributed by atoms with Crippen LogP contribution in [0.1, 0.15) is 59.8 Å². The maximum Gasteiger partial charge on any atom is 0.192 e. The van der Waals surface area contributed by atoms with Gasteiger partial charge < -0.3 is 9.16 Å². The number of rotatable bonds is 7. The summed E-state index contributed by atoms with van der Waals surface area (Å²) >= 11 is 0. The number of allylic oxidation sites excluding steroid dienone is 1. The van der Waals surface area contributed by atoms with Crippen LogP contribution in [0.2, 0.25) is 18.1 Å². The fourth-order valence-corrected chi connectivity index (χ4v) is 3.86. The second-order valence-corrected chi connectivity index (χ2v) is 12.7. The molecule has 1 fully saturated rings. The van der Waals surface area contributed by atoms with Crippen LogP contribution in [-0.2, 0) is 9.16 Å². The molecule has 1 saturated heterocycles. The molecule has 0 N–H and O–H groups in total. The van der Waals surface area contributed by atoms with Crippen LogP contribution in [0.4, 0.5) is 0 Å². The van der Waals surface area contributed by atoms with Crippen molar-refractivity contribution in [2.75, 3.05) is 0 Å². The van der Waals surface area contributed by atoms with Gasteiger partial charge in [0.05, 0.1) is 18.3 Å². The monoisotopic (exact) mass is 324 g/mol. The summed E-state index contributed by atoms with van der Waals surface area (Å²) in [5.41, 5.74) is 0. The van der Waals surface area contributed by atoms with Crippen LogP contribution in [0, 0.1) is 0 Å². The summed E-state index contributed by atoms with van der Waals surface area (Å²) in [6.45, 7) is 17.7. The van der Waals surface area contributed by atoms with E-state index in [1.54, 1.807) is 0 Å². The van der Waals surface area contributed by atoms with Gasteiger partial charge in [-0.1, -0.05) is 58.8 Å². The van der Waals surface area contributed by atoms with Gasteiger partial charge in [0.2, 0.25) is 0 Å². The zero-order chi connectivity index (χ0) is 16.8. The van der Waals surface area contributed by atoms with E-state index < -0.39 is 8.32 Å². The van der Waals surface area contributed by atoms with Crippen molar-refractivity contribution in [1.29, 1.82) is 0 Å². The number of hydrogen-bond donors (Lipinski definition) is 0. The van der Waals surface area contributed by atoms with Gasteiger partial charge in [0.1, 0.15) is 0 Å². The van der Waals surface area contributed by atoms with Gasteiger partial charge in [0, 0.05) is 12.8 Å². The van der Waals surface area contributed by atoms with E-state index in [1.165, 1.54) is 12.8 Å². The number of ether oxygens (including phenoxy) is 1. The molecule has 128 valence electrons. The van der Waals surface area contributed by atoms with E-state index in [4.69, 9.17) is 9.16 Å². The van der Waals surface area contributed by atoms with Gasteiger partial charge in [-0.05, 0) is 24.6 Å². The smallest absolute Gasteiger partial charge is 0.192 e. The van der Waals surface area contributed by atoms with E-state index >= 15 is 0 Å². The third kappa shape index (κ3) is 6.02. The first-order chi connectivity index (χ1) is 10.2. The summed E-state index contributed by atoms with van der Waals surface area (Å²) in [5.74, 6) is 0. The van der Waals surface area contributed by atoms with E-state index in [0.29, 0.717) is 6.10 Å². The molecular formula is C19H36O2Si. The fraction of sp³-hybridized carbons (Fsp3) is 0.789. The maximum atomic E-state index is 6.61. The minimum atomic E-state index is -1.72. The molecule has 1 heterocycles. The van der Waals surface area contributed by atoms with Crippen LogP contribution < -0.4 is 0 Å². The Labute approximate surface area is 139 Å². The van der Waals surface area contributed by atoms with E-state index in [9.17, 15) is 0 Å². The zero-order valence-corrected chi connectivity index (χ0v) is 16.5. The first-order valence-corrected chi connectivity index (χ1v) is 11.7. The van der Waals surface area contributed by atoms with Crippen molar-refractivity contribution in [2.24, 2.45) is 0 Å². The highest BCUT2D eigenvalue weighted by Crippen LogP contribution is 2.39. The third-order valence-corrected chi connectivity index (χ3v) is 9.48. The third-order valence-electron chi connectivity index (χ3n) is 4.95. The minimum absolute atomic E-state index is 0.115. The SMILES string of the molecule is C=C[C@H]1C[C@H](O[Si](C)(C)C(C)(C)C)C[C@@H](/C=C\CCCC)O1. The lowest BCUT2D eigenvalue weighted by atomic mass is 10.0. The number of unbranched alkanes of at least 4 members (excludes halogenated alkanes) is 2. The van der Waals surface area contributed by atoms with E-state index in [1.807, 2.05) is 6.08 Å². The van der Waals surface area contributed by atoms with Gasteiger partial charge in [0.25, 0.3) is 0 Å². The Balaban J connectivity index is 2.67. The Morgan fingerprint density at radius 1 is 1.23 bits per heavy atom. The van der Waals surface area contributed by atoms with Crippen LogP contribution in [0.15, 0.2) is 24.8 Å². The van der Waals surface area contributed by atoms with Crippen molar-refractivity contribution in [3.05, 3.63) is 24.8 Å². The second kappa shape index (κ2) is 8.46. The van der Waals surface area contributed by atoms with Crippen LogP contribution >= 0.6 is 0 Å². The maximum absolute atomic E-state index is 6.61. The summed E-state index contributed by atoms with van der Waals surface area (Å²) in [4.78, 5) is 0. The van der Waals surface area contributed by atoms with E-state index in [0.717, 1.165) is 19.3 Å². The Kier molecular flexibility index (Phi) is 7.56. The Morgan fingerprint density at radius 2 is 1.86 bits per heavy atom. The standard InChI is InChI=1S/C19H36O2Si/c1-8-10-11-12-13-17-15-18(14-16(9-2)20-17)21-22(6,7)19(3,4)5/h9,12-13,16-18H,2,8,10-11,14-15H2,1,3-7H3/b13-12-/t16-,17+,18-/m0/s1. The molecule has 0 bridgehead atoms. The molecule has 2 nitrogen and oxygen atoms in total. The lowest BCUT2D eigenvalue weighted by Gasteiger charge is -2.42. The molecule has 3 atom stereocenters. The summed E-state index contributed by atoms with van der Waals surface area (Å²) in [5, 5.41) is 0.251. The highest BCUT2D eigenvalue weighted by atomic mass is 28.4. The molecule has 0 saturated carbocycles. The molecule has 0 amide bonds. The normalized spacial score (nSPS) is 27.3. The minimum Gasteiger partial charge on any atom is -0.414 e. The molecule has 0 unspecified atom stereocenters. The van der Waals surface area contributed by atoms with Gasteiger partial charge in [-0.15, -0.1) is 6.58 Å². The van der Waals surface area contributed by atoms with Crippen LogP contribution in [0.3, 0.4) is 0 Å². The lowest BCUT2D eigenvalue weighted by Crippen LogP contribution is -2.47. The Hall–Kier alpha value is -0.383. The van der Waals surface area contributed by atoms with Crippen molar-refractivity contribution in [3.8, 4) is 0 Å². The molecule has 0 spiro atoms. The van der Waals surface area contributed by atoms with Crippen molar-refractivity contribution >= 4 is 8.32 Å². The molecular weight excluding hydrogens is 288 g/mol. The predicted octanol–water partition coefficient (Wildman–Crippen LogP) is 5.86. The van der Waals surface area contributed by atoms with Gasteiger partial charge in [0.15, 0.2) is 8.32 Å². The fourth-order valence-electron chi connectivity index (χ4n) is 2.49. The van der Waals surface area contributed by atoms with Gasteiger partial charge in [-0.2, -0.15) is 0 Å². The van der Waals surface area contributed by atoms with Crippen LogP contribution in [0.25, 0.3) is 0 Å². The average molecular weight is 325 g/mol. The molecule has 22 heavy (non-hydrogen) atoms. The quantitative estimate of drug-likeness (QED) is 0.332. The van der Waals surface area contributed by atoms with Crippen molar-refractivity contribution in [2.45, 2.75) is 96.2 Å². The Morgan fingerprint density at radius 3 is 2.41 bits per heavy atom. The molecule has 1 aliphatic heterocycles. The van der Waals surface area contributed by atoms with E-state index in [2.05, 4.69) is 59.5 Å². The van der Waals surface area contributed by atoms with Gasteiger partial charge in [-0.25, -0.2) is 0 Å². The van der Waals surface area contributed by atoms with Crippen molar-refractivity contribution in [1.82, 2.24) is 0 Å².